The van der Waals surface area contributed by atoms with E-state index in [1.165, 1.54) is 5.56 Å². The fraction of sp³-hybridized carbons (Fsp3) is 0.500. The van der Waals surface area contributed by atoms with Crippen molar-refractivity contribution in [2.45, 2.75) is 39.2 Å². The van der Waals surface area contributed by atoms with Crippen LogP contribution in [0.3, 0.4) is 0 Å². The second-order valence-corrected chi connectivity index (χ2v) is 5.14. The van der Waals surface area contributed by atoms with Crippen molar-refractivity contribution < 1.29 is 4.79 Å². The van der Waals surface area contributed by atoms with E-state index in [9.17, 15) is 4.79 Å². The molecular weight excluding hydrogens is 212 g/mol. The molecule has 94 valence electrons. The van der Waals surface area contributed by atoms with E-state index >= 15 is 0 Å². The summed E-state index contributed by atoms with van der Waals surface area (Å²) < 4.78 is 0. The van der Waals surface area contributed by atoms with Crippen LogP contribution in [-0.4, -0.2) is 18.5 Å². The summed E-state index contributed by atoms with van der Waals surface area (Å²) in [4.78, 5) is 13.6. The Labute approximate surface area is 104 Å². The summed E-state index contributed by atoms with van der Waals surface area (Å²) in [7, 11) is 1.79. The first-order chi connectivity index (χ1) is 7.83. The Bertz CT molecular complexity index is 376. The maximum Gasteiger partial charge on any atom is 0.228 e. The summed E-state index contributed by atoms with van der Waals surface area (Å²) in [6, 6.07) is 8.04. The molecule has 0 saturated heterocycles. The average molecular weight is 234 g/mol. The van der Waals surface area contributed by atoms with Gasteiger partial charge in [0.25, 0.3) is 0 Å². The van der Waals surface area contributed by atoms with Gasteiger partial charge in [-0.2, -0.15) is 0 Å². The molecule has 3 nitrogen and oxygen atoms in total. The van der Waals surface area contributed by atoms with Gasteiger partial charge in [0.1, 0.15) is 0 Å². The highest BCUT2D eigenvalue weighted by Crippen LogP contribution is 2.16. The van der Waals surface area contributed by atoms with Crippen LogP contribution >= 0.6 is 0 Å². The molecular formula is C14H22N2O. The number of rotatable bonds is 4. The van der Waals surface area contributed by atoms with Gasteiger partial charge in [0.05, 0.1) is 0 Å². The standard InChI is InChI=1S/C14H22N2O/c1-5-11-6-8-12(9-7-11)16(4)13(17)10-14(2,3)15/h6-9H,5,10,15H2,1-4H3. The summed E-state index contributed by atoms with van der Waals surface area (Å²) >= 11 is 0. The van der Waals surface area contributed by atoms with Gasteiger partial charge in [-0.1, -0.05) is 19.1 Å². The number of anilines is 1. The van der Waals surface area contributed by atoms with Crippen LogP contribution < -0.4 is 10.6 Å². The Morgan fingerprint density at radius 3 is 2.24 bits per heavy atom. The Hall–Kier alpha value is -1.35. The molecule has 0 atom stereocenters. The summed E-state index contributed by atoms with van der Waals surface area (Å²) in [5.41, 5.74) is 7.57. The third kappa shape index (κ3) is 4.19. The van der Waals surface area contributed by atoms with Crippen molar-refractivity contribution in [2.24, 2.45) is 5.73 Å². The summed E-state index contributed by atoms with van der Waals surface area (Å²) in [5, 5.41) is 0. The maximum absolute atomic E-state index is 12.0. The summed E-state index contributed by atoms with van der Waals surface area (Å²) in [6.45, 7) is 5.83. The number of hydrogen-bond donors (Lipinski definition) is 1. The van der Waals surface area contributed by atoms with Crippen LogP contribution in [0, 0.1) is 0 Å². The highest BCUT2D eigenvalue weighted by molar-refractivity contribution is 5.93. The van der Waals surface area contributed by atoms with Crippen LogP contribution in [0.15, 0.2) is 24.3 Å². The molecule has 0 heterocycles. The molecule has 1 rings (SSSR count). The number of carbonyl (C=O) groups is 1. The van der Waals surface area contributed by atoms with E-state index in [2.05, 4.69) is 6.92 Å². The maximum atomic E-state index is 12.0. The quantitative estimate of drug-likeness (QED) is 0.869. The monoisotopic (exact) mass is 234 g/mol. The van der Waals surface area contributed by atoms with Crippen molar-refractivity contribution in [1.82, 2.24) is 0 Å². The minimum atomic E-state index is -0.464. The average Bonchev–Trinajstić information content (AvgIpc) is 2.26. The van der Waals surface area contributed by atoms with Gasteiger partial charge in [0.15, 0.2) is 0 Å². The minimum absolute atomic E-state index is 0.0433. The molecule has 17 heavy (non-hydrogen) atoms. The van der Waals surface area contributed by atoms with Crippen LogP contribution in [-0.2, 0) is 11.2 Å². The van der Waals surface area contributed by atoms with Gasteiger partial charge in [-0.3, -0.25) is 4.79 Å². The Morgan fingerprint density at radius 2 is 1.82 bits per heavy atom. The number of nitrogens with two attached hydrogens (primary N) is 1. The van der Waals surface area contributed by atoms with Crippen LogP contribution in [0.5, 0.6) is 0 Å². The third-order valence-electron chi connectivity index (χ3n) is 2.71. The molecule has 0 aliphatic heterocycles. The number of amides is 1. The van der Waals surface area contributed by atoms with E-state index < -0.39 is 5.54 Å². The fourth-order valence-electron chi connectivity index (χ4n) is 1.61. The van der Waals surface area contributed by atoms with Crippen LogP contribution in [0.2, 0.25) is 0 Å². The van der Waals surface area contributed by atoms with Gasteiger partial charge in [0, 0.05) is 24.7 Å². The lowest BCUT2D eigenvalue weighted by atomic mass is 10.0. The zero-order valence-electron chi connectivity index (χ0n) is 11.2. The number of hydrogen-bond acceptors (Lipinski definition) is 2. The largest absolute Gasteiger partial charge is 0.325 e. The SMILES string of the molecule is CCc1ccc(N(C)C(=O)CC(C)(C)N)cc1. The van der Waals surface area contributed by atoms with Crippen molar-refractivity contribution in [3.05, 3.63) is 29.8 Å². The molecule has 0 fully saturated rings. The first kappa shape index (κ1) is 13.7. The van der Waals surface area contributed by atoms with E-state index in [1.807, 2.05) is 38.1 Å². The van der Waals surface area contributed by atoms with Crippen molar-refractivity contribution in [3.63, 3.8) is 0 Å². The van der Waals surface area contributed by atoms with Gasteiger partial charge < -0.3 is 10.6 Å². The highest BCUT2D eigenvalue weighted by atomic mass is 16.2. The molecule has 2 N–H and O–H groups in total. The van der Waals surface area contributed by atoms with E-state index in [-0.39, 0.29) is 5.91 Å². The number of benzene rings is 1. The molecule has 0 spiro atoms. The topological polar surface area (TPSA) is 46.3 Å². The van der Waals surface area contributed by atoms with Gasteiger partial charge in [-0.05, 0) is 38.0 Å². The number of nitrogens with zero attached hydrogens (tertiary/aromatic N) is 1. The van der Waals surface area contributed by atoms with Crippen molar-refractivity contribution in [1.29, 1.82) is 0 Å². The lowest BCUT2D eigenvalue weighted by Crippen LogP contribution is -2.39. The van der Waals surface area contributed by atoms with Gasteiger partial charge >= 0.3 is 0 Å². The molecule has 1 amide bonds. The van der Waals surface area contributed by atoms with Crippen LogP contribution in [0.4, 0.5) is 5.69 Å². The second-order valence-electron chi connectivity index (χ2n) is 5.14. The Kier molecular flexibility index (Phi) is 4.29. The number of aryl methyl sites for hydroxylation is 1. The first-order valence-corrected chi connectivity index (χ1v) is 5.98. The molecule has 0 saturated carbocycles. The smallest absolute Gasteiger partial charge is 0.228 e. The molecule has 0 radical (unpaired) electrons. The van der Waals surface area contributed by atoms with Crippen molar-refractivity contribution in [3.8, 4) is 0 Å². The first-order valence-electron chi connectivity index (χ1n) is 5.98. The molecule has 0 aliphatic carbocycles. The molecule has 3 heteroatoms. The van der Waals surface area contributed by atoms with Gasteiger partial charge in [-0.15, -0.1) is 0 Å². The summed E-state index contributed by atoms with van der Waals surface area (Å²) in [5.74, 6) is 0.0433. The Balaban J connectivity index is 2.74. The fourth-order valence-corrected chi connectivity index (χ4v) is 1.61. The lowest BCUT2D eigenvalue weighted by Gasteiger charge is -2.23. The minimum Gasteiger partial charge on any atom is -0.325 e. The van der Waals surface area contributed by atoms with E-state index in [1.54, 1.807) is 11.9 Å². The van der Waals surface area contributed by atoms with Gasteiger partial charge in [-0.25, -0.2) is 0 Å². The van der Waals surface area contributed by atoms with Crippen molar-refractivity contribution >= 4 is 11.6 Å². The van der Waals surface area contributed by atoms with Crippen molar-refractivity contribution in [2.75, 3.05) is 11.9 Å². The number of carbonyl (C=O) groups excluding carboxylic acids is 1. The third-order valence-corrected chi connectivity index (χ3v) is 2.71. The molecule has 1 aromatic carbocycles. The second kappa shape index (κ2) is 5.32. The van der Waals surface area contributed by atoms with Gasteiger partial charge in [0.2, 0.25) is 5.91 Å². The predicted molar refractivity (Wildman–Crippen MR) is 72.1 cm³/mol. The van der Waals surface area contributed by atoms with E-state index in [0.29, 0.717) is 6.42 Å². The molecule has 0 unspecified atom stereocenters. The summed E-state index contributed by atoms with van der Waals surface area (Å²) in [6.07, 6.45) is 1.35. The van der Waals surface area contributed by atoms with E-state index in [0.717, 1.165) is 12.1 Å². The normalized spacial score (nSPS) is 11.4. The predicted octanol–water partition coefficient (Wildman–Crippen LogP) is 2.34. The zero-order chi connectivity index (χ0) is 13.1. The van der Waals surface area contributed by atoms with Crippen LogP contribution in [0.25, 0.3) is 0 Å². The Morgan fingerprint density at radius 1 is 1.29 bits per heavy atom. The van der Waals surface area contributed by atoms with Crippen LogP contribution in [0.1, 0.15) is 32.8 Å². The highest BCUT2D eigenvalue weighted by Gasteiger charge is 2.19. The van der Waals surface area contributed by atoms with E-state index in [4.69, 9.17) is 5.73 Å². The lowest BCUT2D eigenvalue weighted by molar-refractivity contribution is -0.119. The molecule has 0 aliphatic rings. The molecule has 1 aromatic rings. The zero-order valence-corrected chi connectivity index (χ0v) is 11.2. The molecule has 0 aromatic heterocycles. The molecule has 0 bridgehead atoms.